The molecule has 1 amide bonds. The van der Waals surface area contributed by atoms with E-state index in [1.165, 1.54) is 6.07 Å². The van der Waals surface area contributed by atoms with Crippen LogP contribution in [0.3, 0.4) is 0 Å². The summed E-state index contributed by atoms with van der Waals surface area (Å²) < 4.78 is 41.7. The van der Waals surface area contributed by atoms with Crippen molar-refractivity contribution in [2.24, 2.45) is 0 Å². The van der Waals surface area contributed by atoms with Crippen LogP contribution in [-0.2, 0) is 0 Å². The zero-order chi connectivity index (χ0) is 18.9. The molecular weight excluding hydrogens is 345 g/mol. The van der Waals surface area contributed by atoms with Crippen LogP contribution in [0.15, 0.2) is 30.3 Å². The highest BCUT2D eigenvalue weighted by molar-refractivity contribution is 5.93. The molecule has 3 rings (SSSR count). The Morgan fingerprint density at radius 2 is 2.04 bits per heavy atom. The van der Waals surface area contributed by atoms with E-state index < -0.39 is 24.2 Å². The summed E-state index contributed by atoms with van der Waals surface area (Å²) in [5.74, 6) is -0.269. The number of hydrogen-bond donors (Lipinski definition) is 2. The lowest BCUT2D eigenvalue weighted by Crippen LogP contribution is -2.35. The number of carbonyl (C=O) groups is 1. The Morgan fingerprint density at radius 1 is 1.35 bits per heavy atom. The number of fused-ring (bicyclic) bond motifs is 1. The number of amides is 1. The number of halogens is 3. The summed E-state index contributed by atoms with van der Waals surface area (Å²) >= 11 is 0. The zero-order valence-electron chi connectivity index (χ0n) is 14.6. The molecule has 2 N–H and O–H groups in total. The Balaban J connectivity index is 1.93. The van der Waals surface area contributed by atoms with E-state index in [-0.39, 0.29) is 17.9 Å². The van der Waals surface area contributed by atoms with E-state index >= 15 is 0 Å². The third-order valence-corrected chi connectivity index (χ3v) is 4.44. The van der Waals surface area contributed by atoms with Crippen molar-refractivity contribution in [2.75, 3.05) is 11.9 Å². The number of alkyl halides is 3. The summed E-state index contributed by atoms with van der Waals surface area (Å²) in [5, 5.41) is 9.64. The molecule has 0 bridgehead atoms. The van der Waals surface area contributed by atoms with E-state index in [2.05, 4.69) is 15.7 Å². The van der Waals surface area contributed by atoms with Crippen molar-refractivity contribution < 1.29 is 18.0 Å². The molecule has 0 unspecified atom stereocenters. The van der Waals surface area contributed by atoms with Crippen molar-refractivity contribution in [1.29, 1.82) is 0 Å². The number of anilines is 1. The van der Waals surface area contributed by atoms with Gasteiger partial charge in [0.15, 0.2) is 11.7 Å². The highest BCUT2D eigenvalue weighted by Gasteiger charge is 2.46. The molecule has 8 heteroatoms. The van der Waals surface area contributed by atoms with E-state index in [1.54, 1.807) is 0 Å². The van der Waals surface area contributed by atoms with Gasteiger partial charge in [0.2, 0.25) is 0 Å². The Bertz CT molecular complexity index is 783. The minimum Gasteiger partial charge on any atom is -0.363 e. The Labute approximate surface area is 149 Å². The van der Waals surface area contributed by atoms with Crippen molar-refractivity contribution in [3.63, 3.8) is 0 Å². The van der Waals surface area contributed by atoms with E-state index in [0.29, 0.717) is 6.54 Å². The Kier molecular flexibility index (Phi) is 4.93. The topological polar surface area (TPSA) is 59.0 Å². The summed E-state index contributed by atoms with van der Waals surface area (Å²) in [6, 6.07) is 6.48. The number of aryl methyl sites for hydroxylation is 1. The summed E-state index contributed by atoms with van der Waals surface area (Å²) in [6.07, 6.45) is -3.90. The minimum atomic E-state index is -4.46. The normalized spacial score (nSPS) is 19.6. The molecule has 0 fully saturated rings. The molecule has 26 heavy (non-hydrogen) atoms. The van der Waals surface area contributed by atoms with Gasteiger partial charge in [-0.05, 0) is 18.9 Å². The summed E-state index contributed by atoms with van der Waals surface area (Å²) in [7, 11) is 0. The van der Waals surface area contributed by atoms with E-state index in [9.17, 15) is 18.0 Å². The van der Waals surface area contributed by atoms with Crippen LogP contribution in [0.4, 0.5) is 19.0 Å². The molecule has 5 nitrogen and oxygen atoms in total. The smallest absolute Gasteiger partial charge is 0.363 e. The largest absolute Gasteiger partial charge is 0.410 e. The predicted octanol–water partition coefficient (Wildman–Crippen LogP) is 3.99. The maximum atomic E-state index is 13.6. The van der Waals surface area contributed by atoms with Crippen molar-refractivity contribution >= 4 is 11.7 Å². The van der Waals surface area contributed by atoms with Gasteiger partial charge in [0.05, 0.1) is 6.04 Å². The van der Waals surface area contributed by atoms with Gasteiger partial charge >= 0.3 is 6.18 Å². The van der Waals surface area contributed by atoms with Crippen LogP contribution in [0.5, 0.6) is 0 Å². The average Bonchev–Trinajstić information content (AvgIpc) is 3.02. The summed E-state index contributed by atoms with van der Waals surface area (Å²) in [5.41, 5.74) is 1.80. The van der Waals surface area contributed by atoms with Gasteiger partial charge in [-0.25, -0.2) is 4.68 Å². The fourth-order valence-electron chi connectivity index (χ4n) is 3.03. The van der Waals surface area contributed by atoms with E-state index in [1.807, 2.05) is 38.1 Å². The van der Waals surface area contributed by atoms with E-state index in [0.717, 1.165) is 22.2 Å². The molecule has 0 saturated heterocycles. The number of rotatable bonds is 4. The molecule has 0 aliphatic carbocycles. The van der Waals surface area contributed by atoms with Crippen molar-refractivity contribution in [3.8, 4) is 0 Å². The maximum absolute atomic E-state index is 13.6. The molecule has 1 aliphatic rings. The molecule has 1 aliphatic heterocycles. The fourth-order valence-corrected chi connectivity index (χ4v) is 3.03. The Morgan fingerprint density at radius 3 is 2.65 bits per heavy atom. The molecule has 2 aromatic rings. The first-order chi connectivity index (χ1) is 12.3. The quantitative estimate of drug-likeness (QED) is 0.860. The molecule has 1 aromatic heterocycles. The molecule has 0 radical (unpaired) electrons. The van der Waals surface area contributed by atoms with Gasteiger partial charge in [-0.15, -0.1) is 0 Å². The SMILES string of the molecule is CCCNC(=O)c1cc2n(n1)[C@H](C(F)(F)F)C[C@H](c1ccc(C)cc1)N2. The molecule has 1 aromatic carbocycles. The Hall–Kier alpha value is -2.51. The number of carbonyl (C=O) groups excluding carboxylic acids is 1. The summed E-state index contributed by atoms with van der Waals surface area (Å²) in [6.45, 7) is 4.27. The first-order valence-corrected chi connectivity index (χ1v) is 8.57. The van der Waals surface area contributed by atoms with Gasteiger partial charge < -0.3 is 10.6 Å². The third kappa shape index (κ3) is 3.68. The maximum Gasteiger partial charge on any atom is 0.410 e. The van der Waals surface area contributed by atoms with Crippen LogP contribution in [0.1, 0.15) is 53.5 Å². The predicted molar refractivity (Wildman–Crippen MR) is 92.1 cm³/mol. The van der Waals surface area contributed by atoms with Crippen molar-refractivity contribution in [1.82, 2.24) is 15.1 Å². The van der Waals surface area contributed by atoms with E-state index in [4.69, 9.17) is 0 Å². The molecule has 0 saturated carbocycles. The van der Waals surface area contributed by atoms with Crippen molar-refractivity contribution in [2.45, 2.75) is 44.9 Å². The monoisotopic (exact) mass is 366 g/mol. The first kappa shape index (κ1) is 18.3. The van der Waals surface area contributed by atoms with Gasteiger partial charge in [-0.2, -0.15) is 18.3 Å². The second kappa shape index (κ2) is 7.01. The number of aromatic nitrogens is 2. The number of hydrogen-bond acceptors (Lipinski definition) is 3. The number of benzene rings is 1. The zero-order valence-corrected chi connectivity index (χ0v) is 14.6. The first-order valence-electron chi connectivity index (χ1n) is 8.57. The van der Waals surface area contributed by atoms with Crippen LogP contribution in [0, 0.1) is 6.92 Å². The van der Waals surface area contributed by atoms with Gasteiger partial charge in [0.1, 0.15) is 5.82 Å². The summed E-state index contributed by atoms with van der Waals surface area (Å²) in [4.78, 5) is 12.1. The van der Waals surface area contributed by atoms with Crippen LogP contribution in [-0.4, -0.2) is 28.4 Å². The number of nitrogens with one attached hydrogen (secondary N) is 2. The molecular formula is C18H21F3N4O. The number of nitrogens with zero attached hydrogens (tertiary/aromatic N) is 2. The van der Waals surface area contributed by atoms with Crippen LogP contribution >= 0.6 is 0 Å². The van der Waals surface area contributed by atoms with Crippen LogP contribution < -0.4 is 10.6 Å². The third-order valence-electron chi connectivity index (χ3n) is 4.44. The lowest BCUT2D eigenvalue weighted by Gasteiger charge is -2.33. The second-order valence-electron chi connectivity index (χ2n) is 6.52. The lowest BCUT2D eigenvalue weighted by molar-refractivity contribution is -0.173. The molecule has 2 heterocycles. The van der Waals surface area contributed by atoms with Crippen molar-refractivity contribution in [3.05, 3.63) is 47.2 Å². The van der Waals surface area contributed by atoms with Crippen LogP contribution in [0.25, 0.3) is 0 Å². The highest BCUT2D eigenvalue weighted by Crippen LogP contribution is 2.43. The second-order valence-corrected chi connectivity index (χ2v) is 6.52. The molecule has 140 valence electrons. The van der Waals surface area contributed by atoms with Gasteiger partial charge in [0, 0.05) is 19.0 Å². The van der Waals surface area contributed by atoms with Crippen LogP contribution in [0.2, 0.25) is 0 Å². The standard InChI is InChI=1S/C18H21F3N4O/c1-3-8-22-17(26)14-10-16-23-13(12-6-4-11(2)5-7-12)9-15(18(19,20)21)25(16)24-14/h4-7,10,13,15,23H,3,8-9H2,1-2H3,(H,22,26)/t13-,15+/m1/s1. The highest BCUT2D eigenvalue weighted by atomic mass is 19.4. The average molecular weight is 366 g/mol. The van der Waals surface area contributed by atoms with Gasteiger partial charge in [0.25, 0.3) is 5.91 Å². The van der Waals surface area contributed by atoms with Gasteiger partial charge in [-0.3, -0.25) is 4.79 Å². The molecule has 0 spiro atoms. The lowest BCUT2D eigenvalue weighted by atomic mass is 9.96. The van der Waals surface area contributed by atoms with Gasteiger partial charge in [-0.1, -0.05) is 36.8 Å². The fraction of sp³-hybridized carbons (Fsp3) is 0.444. The molecule has 2 atom stereocenters. The minimum absolute atomic E-state index is 0.0141.